The van der Waals surface area contributed by atoms with Gasteiger partial charge in [-0.05, 0) is 75.8 Å². The molecule has 0 bridgehead atoms. The van der Waals surface area contributed by atoms with Crippen LogP contribution in [0.15, 0.2) is 59.6 Å². The van der Waals surface area contributed by atoms with Gasteiger partial charge in [0.1, 0.15) is 5.84 Å². The normalized spacial score (nSPS) is 20.4. The summed E-state index contributed by atoms with van der Waals surface area (Å²) < 4.78 is 0. The van der Waals surface area contributed by atoms with Crippen LogP contribution in [0.5, 0.6) is 0 Å². The highest BCUT2D eigenvalue weighted by atomic mass is 14.8. The Balaban J connectivity index is 1.42. The molecule has 0 unspecified atom stereocenters. The molecule has 3 aromatic rings. The summed E-state index contributed by atoms with van der Waals surface area (Å²) in [5, 5.41) is 9.99. The maximum atomic E-state index is 7.63. The number of benzene rings is 3. The Kier molecular flexibility index (Phi) is 4.27. The second kappa shape index (κ2) is 6.84. The van der Waals surface area contributed by atoms with Crippen LogP contribution in [0.3, 0.4) is 0 Å². The number of nitrogen functional groups attached to an aromatic ring is 1. The first-order chi connectivity index (χ1) is 14.0. The molecule has 1 aliphatic carbocycles. The van der Waals surface area contributed by atoms with Crippen molar-refractivity contribution in [3.63, 3.8) is 0 Å². The van der Waals surface area contributed by atoms with Gasteiger partial charge in [-0.15, -0.1) is 0 Å². The molecule has 0 aromatic heterocycles. The Bertz CT molecular complexity index is 1160. The average Bonchev–Trinajstić information content (AvgIpc) is 3.53. The van der Waals surface area contributed by atoms with Gasteiger partial charge in [-0.25, -0.2) is 0 Å². The fourth-order valence-corrected chi connectivity index (χ4v) is 4.75. The summed E-state index contributed by atoms with van der Waals surface area (Å²) in [6.45, 7) is 5.41. The number of rotatable bonds is 4. The maximum absolute atomic E-state index is 7.63. The molecular formula is C26H27N3. The van der Waals surface area contributed by atoms with Gasteiger partial charge in [-0.1, -0.05) is 56.3 Å². The van der Waals surface area contributed by atoms with Gasteiger partial charge in [-0.2, -0.15) is 0 Å². The van der Waals surface area contributed by atoms with Gasteiger partial charge in [0.25, 0.3) is 0 Å². The van der Waals surface area contributed by atoms with Crippen LogP contribution in [-0.4, -0.2) is 18.1 Å². The fourth-order valence-electron chi connectivity index (χ4n) is 4.75. The summed E-state index contributed by atoms with van der Waals surface area (Å²) in [5.74, 6) is 1.78. The first-order valence-electron chi connectivity index (χ1n) is 10.6. The second-order valence-corrected chi connectivity index (χ2v) is 8.77. The molecule has 5 rings (SSSR count). The standard InChI is InChI=1S/C26H27N3/c1-15(2)25-24-13-20(6-3-16(24)9-10-29-25)23-14-22(23)19-7-4-18-12-21(26(27)28)8-5-17(18)11-19/h3-8,11-13,15,22-23H,9-10,14H2,1-2H3,(H3,27,28)/t22-,23-/m1/s1. The summed E-state index contributed by atoms with van der Waals surface area (Å²) in [4.78, 5) is 4.81. The smallest absolute Gasteiger partial charge is 0.122 e. The zero-order valence-electron chi connectivity index (χ0n) is 17.1. The van der Waals surface area contributed by atoms with Crippen molar-refractivity contribution in [2.45, 2.75) is 38.5 Å². The van der Waals surface area contributed by atoms with Gasteiger partial charge in [0.15, 0.2) is 0 Å². The van der Waals surface area contributed by atoms with Gasteiger partial charge < -0.3 is 5.73 Å². The van der Waals surface area contributed by atoms with Crippen molar-refractivity contribution in [1.82, 2.24) is 0 Å². The molecule has 2 atom stereocenters. The van der Waals surface area contributed by atoms with Crippen molar-refractivity contribution < 1.29 is 0 Å². The van der Waals surface area contributed by atoms with Crippen LogP contribution in [0.1, 0.15) is 59.9 Å². The maximum Gasteiger partial charge on any atom is 0.122 e. The highest BCUT2D eigenvalue weighted by Gasteiger charge is 2.40. The first-order valence-corrected chi connectivity index (χ1v) is 10.6. The van der Waals surface area contributed by atoms with Gasteiger partial charge >= 0.3 is 0 Å². The topological polar surface area (TPSA) is 62.2 Å². The highest BCUT2D eigenvalue weighted by molar-refractivity contribution is 6.04. The molecule has 3 N–H and O–H groups in total. The van der Waals surface area contributed by atoms with Crippen LogP contribution < -0.4 is 5.73 Å². The van der Waals surface area contributed by atoms with Crippen molar-refractivity contribution >= 4 is 22.3 Å². The van der Waals surface area contributed by atoms with Gasteiger partial charge in [0, 0.05) is 17.8 Å². The lowest BCUT2D eigenvalue weighted by molar-refractivity contribution is 0.837. The van der Waals surface area contributed by atoms with E-state index in [1.165, 1.54) is 39.8 Å². The van der Waals surface area contributed by atoms with Crippen LogP contribution >= 0.6 is 0 Å². The quantitative estimate of drug-likeness (QED) is 0.461. The monoisotopic (exact) mass is 381 g/mol. The van der Waals surface area contributed by atoms with E-state index < -0.39 is 0 Å². The van der Waals surface area contributed by atoms with Crippen LogP contribution in [0, 0.1) is 11.3 Å². The van der Waals surface area contributed by atoms with Crippen molar-refractivity contribution in [2.24, 2.45) is 16.6 Å². The van der Waals surface area contributed by atoms with Crippen LogP contribution in [0.2, 0.25) is 0 Å². The van der Waals surface area contributed by atoms with Crippen molar-refractivity contribution in [1.29, 1.82) is 5.41 Å². The third-order valence-electron chi connectivity index (χ3n) is 6.44. The van der Waals surface area contributed by atoms with Crippen molar-refractivity contribution in [2.75, 3.05) is 6.54 Å². The summed E-state index contributed by atoms with van der Waals surface area (Å²) in [5.41, 5.74) is 13.4. The molecule has 146 valence electrons. The van der Waals surface area contributed by atoms with Crippen molar-refractivity contribution in [3.8, 4) is 0 Å². The van der Waals surface area contributed by atoms with E-state index >= 15 is 0 Å². The van der Waals surface area contributed by atoms with E-state index in [0.717, 1.165) is 23.9 Å². The SMILES string of the molecule is CC(C)C1=NCCc2ccc([C@H]3C[C@@H]3c3ccc4cc(C(=N)N)ccc4c3)cc21. The first kappa shape index (κ1) is 18.1. The molecule has 1 heterocycles. The number of amidine groups is 1. The van der Waals surface area contributed by atoms with Gasteiger partial charge in [0.05, 0.1) is 0 Å². The summed E-state index contributed by atoms with van der Waals surface area (Å²) in [7, 11) is 0. The third-order valence-corrected chi connectivity index (χ3v) is 6.44. The molecule has 3 aromatic carbocycles. The fraction of sp³-hybridized carbons (Fsp3) is 0.308. The molecule has 1 aliphatic heterocycles. The van der Waals surface area contributed by atoms with E-state index in [2.05, 4.69) is 56.3 Å². The van der Waals surface area contributed by atoms with Crippen LogP contribution in [0.25, 0.3) is 10.8 Å². The van der Waals surface area contributed by atoms with Crippen LogP contribution in [-0.2, 0) is 6.42 Å². The zero-order valence-corrected chi connectivity index (χ0v) is 17.1. The summed E-state index contributed by atoms with van der Waals surface area (Å²) in [6, 6.07) is 19.8. The minimum absolute atomic E-state index is 0.120. The molecule has 0 radical (unpaired) electrons. The van der Waals surface area contributed by atoms with E-state index in [0.29, 0.717) is 17.8 Å². The molecular weight excluding hydrogens is 354 g/mol. The lowest BCUT2D eigenvalue weighted by Crippen LogP contribution is -2.18. The predicted octanol–water partition coefficient (Wildman–Crippen LogP) is 5.40. The molecule has 3 heteroatoms. The average molecular weight is 382 g/mol. The van der Waals surface area contributed by atoms with E-state index in [1.54, 1.807) is 0 Å². The predicted molar refractivity (Wildman–Crippen MR) is 121 cm³/mol. The Labute approximate surface area is 172 Å². The number of nitrogens with two attached hydrogens (primary N) is 1. The van der Waals surface area contributed by atoms with E-state index in [4.69, 9.17) is 16.1 Å². The summed E-state index contributed by atoms with van der Waals surface area (Å²) in [6.07, 6.45) is 2.27. The third kappa shape index (κ3) is 3.25. The minimum Gasteiger partial charge on any atom is -0.384 e. The lowest BCUT2D eigenvalue weighted by Gasteiger charge is -2.20. The summed E-state index contributed by atoms with van der Waals surface area (Å²) >= 11 is 0. The van der Waals surface area contributed by atoms with Gasteiger partial charge in [0.2, 0.25) is 0 Å². The highest BCUT2D eigenvalue weighted by Crippen LogP contribution is 2.55. The van der Waals surface area contributed by atoms with E-state index in [-0.39, 0.29) is 5.84 Å². The molecule has 0 spiro atoms. The second-order valence-electron chi connectivity index (χ2n) is 8.77. The molecule has 3 nitrogen and oxygen atoms in total. The molecule has 0 saturated heterocycles. The number of aliphatic imine (C=N–C) groups is 1. The number of hydrogen-bond acceptors (Lipinski definition) is 2. The lowest BCUT2D eigenvalue weighted by atomic mass is 9.89. The minimum atomic E-state index is 0.120. The largest absolute Gasteiger partial charge is 0.384 e. The molecule has 1 fully saturated rings. The molecule has 1 saturated carbocycles. The van der Waals surface area contributed by atoms with Crippen LogP contribution in [0.4, 0.5) is 0 Å². The molecule has 2 aliphatic rings. The number of nitrogens with zero attached hydrogens (tertiary/aromatic N) is 1. The number of hydrogen-bond donors (Lipinski definition) is 2. The Morgan fingerprint density at radius 3 is 2.41 bits per heavy atom. The van der Waals surface area contributed by atoms with E-state index in [9.17, 15) is 0 Å². The Morgan fingerprint density at radius 1 is 0.966 bits per heavy atom. The molecule has 29 heavy (non-hydrogen) atoms. The Morgan fingerprint density at radius 2 is 1.66 bits per heavy atom. The number of fused-ring (bicyclic) bond motifs is 2. The number of nitrogens with one attached hydrogen (secondary N) is 1. The van der Waals surface area contributed by atoms with Crippen molar-refractivity contribution in [3.05, 3.63) is 82.4 Å². The van der Waals surface area contributed by atoms with Gasteiger partial charge in [-0.3, -0.25) is 10.4 Å². The Hall–Kier alpha value is -2.94. The van der Waals surface area contributed by atoms with E-state index in [1.807, 2.05) is 12.1 Å². The molecule has 0 amide bonds. The zero-order chi connectivity index (χ0) is 20.1.